The number of fused-ring (bicyclic) bond motifs is 1. The molecule has 148 valence electrons. The van der Waals surface area contributed by atoms with Gasteiger partial charge in [-0.3, -0.25) is 0 Å². The Balaban J connectivity index is 1.45. The van der Waals surface area contributed by atoms with Crippen molar-refractivity contribution >= 4 is 11.5 Å². The number of aromatic nitrogens is 5. The molecule has 0 radical (unpaired) electrons. The third kappa shape index (κ3) is 3.38. The molecule has 1 unspecified atom stereocenters. The molecule has 2 aliphatic rings. The molecule has 0 N–H and O–H groups in total. The quantitative estimate of drug-likeness (QED) is 0.628. The van der Waals surface area contributed by atoms with Crippen LogP contribution in [0.1, 0.15) is 24.2 Å². The maximum atomic E-state index is 14.3. The number of halogens is 1. The molecule has 0 amide bonds. The van der Waals surface area contributed by atoms with E-state index in [2.05, 4.69) is 36.7 Å². The molecule has 3 aromatic heterocycles. The van der Waals surface area contributed by atoms with E-state index in [1.165, 1.54) is 6.07 Å². The van der Waals surface area contributed by atoms with Crippen LogP contribution in [-0.2, 0) is 11.3 Å². The smallest absolute Gasteiger partial charge is 0.216 e. The number of morpholine rings is 1. The first-order chi connectivity index (χ1) is 14.2. The van der Waals surface area contributed by atoms with Crippen molar-refractivity contribution in [3.63, 3.8) is 0 Å². The largest absolute Gasteiger partial charge is 0.378 e. The number of anilines is 2. The van der Waals surface area contributed by atoms with Gasteiger partial charge in [0.25, 0.3) is 0 Å². The number of nitrogens with zero attached hydrogens (tertiary/aromatic N) is 7. The highest BCUT2D eigenvalue weighted by atomic mass is 19.1. The molecule has 9 heteroatoms. The maximum absolute atomic E-state index is 14.3. The Morgan fingerprint density at radius 2 is 1.83 bits per heavy atom. The average molecular weight is 393 g/mol. The molecule has 0 bridgehead atoms. The highest BCUT2D eigenvalue weighted by Crippen LogP contribution is 2.37. The van der Waals surface area contributed by atoms with E-state index in [0.717, 1.165) is 30.0 Å². The van der Waals surface area contributed by atoms with Crippen molar-refractivity contribution in [1.29, 1.82) is 0 Å². The molecule has 1 atom stereocenters. The van der Waals surface area contributed by atoms with Gasteiger partial charge in [-0.25, -0.2) is 24.9 Å². The van der Waals surface area contributed by atoms with Crippen LogP contribution in [0.3, 0.4) is 0 Å². The summed E-state index contributed by atoms with van der Waals surface area (Å²) in [5, 5.41) is 0. The van der Waals surface area contributed by atoms with E-state index in [0.29, 0.717) is 37.2 Å². The van der Waals surface area contributed by atoms with E-state index < -0.39 is 5.95 Å². The second-order valence-corrected chi connectivity index (χ2v) is 7.08. The number of hydrogen-bond acceptors (Lipinski definition) is 8. The normalized spacial score (nSPS) is 18.8. The number of ether oxygens (including phenoxy) is 1. The summed E-state index contributed by atoms with van der Waals surface area (Å²) in [4.78, 5) is 25.8. The standard InChI is InChI=1S/C20H20FN7O/c1-13-15-11-24-20(19-22-3-2-4-23-19)25-16(15)12-28(13)18-10-14(9-17(21)26-18)27-5-7-29-8-6-27/h2-4,9-11,13H,5-8,12H2,1H3. The molecule has 3 aromatic rings. The molecule has 0 aromatic carbocycles. The Bertz CT molecular complexity index is 1030. The van der Waals surface area contributed by atoms with Gasteiger partial charge in [-0.15, -0.1) is 0 Å². The van der Waals surface area contributed by atoms with Crippen molar-refractivity contribution in [3.05, 3.63) is 54.0 Å². The Morgan fingerprint density at radius 3 is 2.62 bits per heavy atom. The lowest BCUT2D eigenvalue weighted by Gasteiger charge is -2.30. The summed E-state index contributed by atoms with van der Waals surface area (Å²) >= 11 is 0. The number of pyridine rings is 1. The van der Waals surface area contributed by atoms with Gasteiger partial charge in [0.15, 0.2) is 11.6 Å². The Hall–Kier alpha value is -3.20. The first-order valence-electron chi connectivity index (χ1n) is 9.59. The minimum absolute atomic E-state index is 0.0115. The van der Waals surface area contributed by atoms with Gasteiger partial charge in [-0.2, -0.15) is 4.39 Å². The molecular formula is C20H20FN7O. The SMILES string of the molecule is CC1c2cnc(-c3ncccn3)nc2CN1c1cc(N2CCOCC2)cc(F)n1. The fraction of sp³-hybridized carbons (Fsp3) is 0.350. The molecule has 5 heterocycles. The summed E-state index contributed by atoms with van der Waals surface area (Å²) in [6.07, 6.45) is 5.14. The van der Waals surface area contributed by atoms with Crippen LogP contribution < -0.4 is 9.80 Å². The van der Waals surface area contributed by atoms with Gasteiger partial charge in [0.1, 0.15) is 5.82 Å². The lowest BCUT2D eigenvalue weighted by atomic mass is 10.1. The summed E-state index contributed by atoms with van der Waals surface area (Å²) in [5.74, 6) is 1.07. The van der Waals surface area contributed by atoms with Crippen LogP contribution in [0, 0.1) is 5.95 Å². The van der Waals surface area contributed by atoms with E-state index in [4.69, 9.17) is 4.74 Å². The van der Waals surface area contributed by atoms with Crippen molar-refractivity contribution in [3.8, 4) is 11.6 Å². The van der Waals surface area contributed by atoms with Crippen molar-refractivity contribution < 1.29 is 9.13 Å². The monoisotopic (exact) mass is 393 g/mol. The Morgan fingerprint density at radius 1 is 1.03 bits per heavy atom. The molecule has 0 saturated carbocycles. The van der Waals surface area contributed by atoms with E-state index >= 15 is 0 Å². The molecule has 5 rings (SSSR count). The van der Waals surface area contributed by atoms with Crippen LogP contribution in [0.2, 0.25) is 0 Å². The minimum Gasteiger partial charge on any atom is -0.378 e. The molecule has 2 aliphatic heterocycles. The molecule has 29 heavy (non-hydrogen) atoms. The first kappa shape index (κ1) is 17.9. The summed E-state index contributed by atoms with van der Waals surface area (Å²) in [5.41, 5.74) is 2.71. The van der Waals surface area contributed by atoms with Gasteiger partial charge in [0.2, 0.25) is 5.95 Å². The van der Waals surface area contributed by atoms with E-state index in [1.54, 1.807) is 24.7 Å². The zero-order valence-electron chi connectivity index (χ0n) is 16.0. The van der Waals surface area contributed by atoms with Crippen LogP contribution >= 0.6 is 0 Å². The zero-order valence-corrected chi connectivity index (χ0v) is 16.0. The van der Waals surface area contributed by atoms with Crippen LogP contribution in [0.5, 0.6) is 0 Å². The first-order valence-corrected chi connectivity index (χ1v) is 9.59. The maximum Gasteiger partial charge on any atom is 0.216 e. The lowest BCUT2D eigenvalue weighted by molar-refractivity contribution is 0.122. The Kier molecular flexibility index (Phi) is 4.51. The molecule has 1 saturated heterocycles. The van der Waals surface area contributed by atoms with E-state index in [9.17, 15) is 4.39 Å². The average Bonchev–Trinajstić information content (AvgIpc) is 3.10. The molecule has 1 fully saturated rings. The molecule has 8 nitrogen and oxygen atoms in total. The second kappa shape index (κ2) is 7.32. The van der Waals surface area contributed by atoms with Crippen molar-refractivity contribution in [2.45, 2.75) is 19.5 Å². The molecular weight excluding hydrogens is 373 g/mol. The highest BCUT2D eigenvalue weighted by Gasteiger charge is 2.31. The number of hydrogen-bond donors (Lipinski definition) is 0. The van der Waals surface area contributed by atoms with Gasteiger partial charge in [-0.1, -0.05) is 0 Å². The van der Waals surface area contributed by atoms with Crippen LogP contribution in [0.15, 0.2) is 36.8 Å². The van der Waals surface area contributed by atoms with E-state index in [-0.39, 0.29) is 6.04 Å². The van der Waals surface area contributed by atoms with E-state index in [1.807, 2.05) is 11.0 Å². The summed E-state index contributed by atoms with van der Waals surface area (Å²) in [7, 11) is 0. The van der Waals surface area contributed by atoms with Gasteiger partial charge < -0.3 is 14.5 Å². The third-order valence-corrected chi connectivity index (χ3v) is 5.34. The van der Waals surface area contributed by atoms with Gasteiger partial charge in [-0.05, 0) is 13.0 Å². The predicted octanol–water partition coefficient (Wildman–Crippen LogP) is 2.39. The fourth-order valence-corrected chi connectivity index (χ4v) is 3.79. The Labute approximate surface area is 167 Å². The van der Waals surface area contributed by atoms with Crippen molar-refractivity contribution in [1.82, 2.24) is 24.9 Å². The zero-order chi connectivity index (χ0) is 19.8. The van der Waals surface area contributed by atoms with Crippen LogP contribution in [0.4, 0.5) is 15.9 Å². The summed E-state index contributed by atoms with van der Waals surface area (Å²) in [6, 6.07) is 5.16. The van der Waals surface area contributed by atoms with Crippen molar-refractivity contribution in [2.75, 3.05) is 36.1 Å². The molecule has 0 spiro atoms. The van der Waals surface area contributed by atoms with Crippen LogP contribution in [0.25, 0.3) is 11.6 Å². The number of rotatable bonds is 3. The lowest BCUT2D eigenvalue weighted by Crippen LogP contribution is -2.36. The summed E-state index contributed by atoms with van der Waals surface area (Å²) < 4.78 is 19.7. The highest BCUT2D eigenvalue weighted by molar-refractivity contribution is 5.58. The topological polar surface area (TPSA) is 80.2 Å². The van der Waals surface area contributed by atoms with Gasteiger partial charge in [0, 0.05) is 55.1 Å². The predicted molar refractivity (Wildman–Crippen MR) is 105 cm³/mol. The third-order valence-electron chi connectivity index (χ3n) is 5.34. The minimum atomic E-state index is -0.489. The van der Waals surface area contributed by atoms with Crippen LogP contribution in [-0.4, -0.2) is 51.2 Å². The molecule has 0 aliphatic carbocycles. The van der Waals surface area contributed by atoms with Gasteiger partial charge in [0.05, 0.1) is 31.5 Å². The summed E-state index contributed by atoms with van der Waals surface area (Å²) in [6.45, 7) is 5.34. The second-order valence-electron chi connectivity index (χ2n) is 7.08. The van der Waals surface area contributed by atoms with Gasteiger partial charge >= 0.3 is 0 Å². The van der Waals surface area contributed by atoms with Crippen molar-refractivity contribution in [2.24, 2.45) is 0 Å². The fourth-order valence-electron chi connectivity index (χ4n) is 3.79.